The van der Waals surface area contributed by atoms with E-state index in [1.54, 1.807) is 0 Å². The normalized spacial score (nSPS) is 17.0. The van der Waals surface area contributed by atoms with E-state index in [9.17, 15) is 0 Å². The van der Waals surface area contributed by atoms with Crippen molar-refractivity contribution in [3.8, 4) is 12.3 Å². The Morgan fingerprint density at radius 2 is 1.48 bits per heavy atom. The van der Waals surface area contributed by atoms with E-state index in [4.69, 9.17) is 6.42 Å². The summed E-state index contributed by atoms with van der Waals surface area (Å²) in [6.07, 6.45) is 21.3. The van der Waals surface area contributed by atoms with Crippen LogP contribution in [0.5, 0.6) is 0 Å². The lowest BCUT2D eigenvalue weighted by atomic mass is 9.91. The predicted molar refractivity (Wildman–Crippen MR) is 101 cm³/mol. The van der Waals surface area contributed by atoms with E-state index < -0.39 is 0 Å². The minimum atomic E-state index is 0.0491. The molecular formula is C20H38S. The van der Waals surface area contributed by atoms with Crippen molar-refractivity contribution in [2.45, 2.75) is 96.7 Å². The Morgan fingerprint density at radius 1 is 0.952 bits per heavy atom. The van der Waals surface area contributed by atoms with Gasteiger partial charge in [-0.15, -0.1) is 18.2 Å². The molecule has 0 heterocycles. The van der Waals surface area contributed by atoms with Gasteiger partial charge in [0.15, 0.2) is 0 Å². The van der Waals surface area contributed by atoms with E-state index in [1.165, 1.54) is 57.8 Å². The van der Waals surface area contributed by atoms with Gasteiger partial charge in [0, 0.05) is 0 Å². The molecule has 124 valence electrons. The zero-order valence-electron chi connectivity index (χ0n) is 15.2. The van der Waals surface area contributed by atoms with E-state index in [-0.39, 0.29) is 4.75 Å². The SMILES string of the molecule is C#CC(C)(CCCC(C)CCCC(C)CCCCC)SC. The molecule has 0 N–H and O–H groups in total. The first kappa shape index (κ1) is 20.9. The van der Waals surface area contributed by atoms with Crippen molar-refractivity contribution in [3.05, 3.63) is 0 Å². The van der Waals surface area contributed by atoms with Crippen molar-refractivity contribution in [2.24, 2.45) is 11.8 Å². The summed E-state index contributed by atoms with van der Waals surface area (Å²) in [5, 5.41) is 0. The fourth-order valence-electron chi connectivity index (χ4n) is 2.87. The molecule has 0 nitrogen and oxygen atoms in total. The summed E-state index contributed by atoms with van der Waals surface area (Å²) >= 11 is 1.82. The minimum absolute atomic E-state index is 0.0491. The first-order valence-corrected chi connectivity index (χ1v) is 10.2. The number of hydrogen-bond acceptors (Lipinski definition) is 1. The van der Waals surface area contributed by atoms with Gasteiger partial charge >= 0.3 is 0 Å². The van der Waals surface area contributed by atoms with Crippen LogP contribution in [-0.2, 0) is 0 Å². The molecule has 1 heteroatoms. The van der Waals surface area contributed by atoms with Gasteiger partial charge < -0.3 is 0 Å². The smallest absolute Gasteiger partial charge is 0.0731 e. The summed E-state index contributed by atoms with van der Waals surface area (Å²) < 4.78 is 0.0491. The molecule has 21 heavy (non-hydrogen) atoms. The van der Waals surface area contributed by atoms with Crippen molar-refractivity contribution < 1.29 is 0 Å². The molecule has 3 unspecified atom stereocenters. The first-order chi connectivity index (χ1) is 9.97. The Labute approximate surface area is 139 Å². The van der Waals surface area contributed by atoms with E-state index in [0.29, 0.717) is 0 Å². The third kappa shape index (κ3) is 11.2. The third-order valence-electron chi connectivity index (χ3n) is 4.80. The maximum absolute atomic E-state index is 5.63. The molecule has 0 saturated heterocycles. The monoisotopic (exact) mass is 310 g/mol. The predicted octanol–water partition coefficient (Wildman–Crippen LogP) is 6.93. The van der Waals surface area contributed by atoms with Crippen LogP contribution in [0.4, 0.5) is 0 Å². The van der Waals surface area contributed by atoms with Crippen LogP contribution in [0, 0.1) is 24.2 Å². The number of unbranched alkanes of at least 4 members (excludes halogenated alkanes) is 2. The Hall–Kier alpha value is -0.0900. The van der Waals surface area contributed by atoms with Gasteiger partial charge in [0.05, 0.1) is 4.75 Å². The van der Waals surface area contributed by atoms with Crippen molar-refractivity contribution >= 4 is 11.8 Å². The molecule has 0 aliphatic rings. The summed E-state index contributed by atoms with van der Waals surface area (Å²) in [6.45, 7) is 9.32. The number of thioether (sulfide) groups is 1. The summed E-state index contributed by atoms with van der Waals surface area (Å²) in [5.74, 6) is 4.73. The van der Waals surface area contributed by atoms with E-state index >= 15 is 0 Å². The van der Waals surface area contributed by atoms with Gasteiger partial charge in [0.1, 0.15) is 0 Å². The highest BCUT2D eigenvalue weighted by molar-refractivity contribution is 8.00. The maximum Gasteiger partial charge on any atom is 0.0731 e. The molecule has 0 radical (unpaired) electrons. The lowest BCUT2D eigenvalue weighted by Crippen LogP contribution is -2.16. The van der Waals surface area contributed by atoms with Gasteiger partial charge in [-0.05, 0) is 31.4 Å². The minimum Gasteiger partial charge on any atom is -0.146 e. The molecule has 0 amide bonds. The topological polar surface area (TPSA) is 0 Å². The average molecular weight is 311 g/mol. The summed E-state index contributed by atoms with van der Waals surface area (Å²) in [4.78, 5) is 0. The Morgan fingerprint density at radius 3 is 1.95 bits per heavy atom. The van der Waals surface area contributed by atoms with Crippen LogP contribution in [0.1, 0.15) is 91.9 Å². The van der Waals surface area contributed by atoms with Gasteiger partial charge in [-0.1, -0.05) is 84.5 Å². The van der Waals surface area contributed by atoms with Crippen LogP contribution in [0.25, 0.3) is 0 Å². The molecule has 0 aromatic rings. The molecule has 0 bridgehead atoms. The Bertz CT molecular complexity index is 278. The molecule has 0 aromatic heterocycles. The van der Waals surface area contributed by atoms with Crippen LogP contribution in [-0.4, -0.2) is 11.0 Å². The van der Waals surface area contributed by atoms with Gasteiger partial charge in [-0.2, -0.15) is 0 Å². The number of hydrogen-bond donors (Lipinski definition) is 0. The van der Waals surface area contributed by atoms with Gasteiger partial charge in [0.2, 0.25) is 0 Å². The zero-order valence-corrected chi connectivity index (χ0v) is 16.0. The van der Waals surface area contributed by atoms with Crippen molar-refractivity contribution in [1.29, 1.82) is 0 Å². The van der Waals surface area contributed by atoms with E-state index in [0.717, 1.165) is 18.3 Å². The fraction of sp³-hybridized carbons (Fsp3) is 0.900. The van der Waals surface area contributed by atoms with Crippen LogP contribution in [0.2, 0.25) is 0 Å². The van der Waals surface area contributed by atoms with Gasteiger partial charge in [-0.25, -0.2) is 0 Å². The van der Waals surface area contributed by atoms with Crippen molar-refractivity contribution in [3.63, 3.8) is 0 Å². The highest BCUT2D eigenvalue weighted by atomic mass is 32.2. The molecule has 0 aliphatic heterocycles. The molecular weight excluding hydrogens is 272 g/mol. The quantitative estimate of drug-likeness (QED) is 0.262. The Balaban J connectivity index is 3.63. The molecule has 0 saturated carbocycles. The van der Waals surface area contributed by atoms with Crippen LogP contribution in [0.3, 0.4) is 0 Å². The second kappa shape index (κ2) is 12.5. The largest absolute Gasteiger partial charge is 0.146 e. The van der Waals surface area contributed by atoms with Gasteiger partial charge in [-0.3, -0.25) is 0 Å². The number of rotatable bonds is 13. The molecule has 0 spiro atoms. The second-order valence-corrected chi connectivity index (χ2v) is 8.42. The van der Waals surface area contributed by atoms with Crippen LogP contribution >= 0.6 is 11.8 Å². The lowest BCUT2D eigenvalue weighted by molar-refractivity contribution is 0.392. The highest BCUT2D eigenvalue weighted by Gasteiger charge is 2.19. The standard InChI is InChI=1S/C20H38S/c1-7-9-10-13-18(3)14-11-15-19(4)16-12-17-20(5,8-2)21-6/h2,18-19H,7,9-17H2,1,3-6H3. The van der Waals surface area contributed by atoms with Gasteiger partial charge in [0.25, 0.3) is 0 Å². The first-order valence-electron chi connectivity index (χ1n) is 9.00. The van der Waals surface area contributed by atoms with Crippen molar-refractivity contribution in [2.75, 3.05) is 6.26 Å². The maximum atomic E-state index is 5.63. The summed E-state index contributed by atoms with van der Waals surface area (Å²) in [7, 11) is 0. The molecule has 0 rings (SSSR count). The van der Waals surface area contributed by atoms with Crippen molar-refractivity contribution in [1.82, 2.24) is 0 Å². The highest BCUT2D eigenvalue weighted by Crippen LogP contribution is 2.29. The Kier molecular flexibility index (Phi) is 12.4. The van der Waals surface area contributed by atoms with Crippen LogP contribution < -0.4 is 0 Å². The van der Waals surface area contributed by atoms with Crippen LogP contribution in [0.15, 0.2) is 0 Å². The molecule has 0 aromatic carbocycles. The summed E-state index contributed by atoms with van der Waals surface area (Å²) in [5.41, 5.74) is 0. The lowest BCUT2D eigenvalue weighted by Gasteiger charge is -2.21. The molecule has 3 atom stereocenters. The molecule has 0 aliphatic carbocycles. The number of terminal acetylenes is 1. The average Bonchev–Trinajstić information content (AvgIpc) is 2.47. The third-order valence-corrected chi connectivity index (χ3v) is 6.02. The summed E-state index contributed by atoms with van der Waals surface area (Å²) in [6, 6.07) is 0. The van der Waals surface area contributed by atoms with E-state index in [1.807, 2.05) is 11.8 Å². The molecule has 0 fully saturated rings. The van der Waals surface area contributed by atoms with E-state index in [2.05, 4.69) is 39.9 Å². The fourth-order valence-corrected chi connectivity index (χ4v) is 3.33. The zero-order chi connectivity index (χ0) is 16.1. The second-order valence-electron chi connectivity index (χ2n) is 7.11.